The lowest BCUT2D eigenvalue weighted by Crippen LogP contribution is -2.33. The van der Waals surface area contributed by atoms with Crippen molar-refractivity contribution in [3.63, 3.8) is 0 Å². The number of carbonyl (C=O) groups is 2. The first-order chi connectivity index (χ1) is 10.1. The first-order valence-electron chi connectivity index (χ1n) is 6.15. The second-order valence-corrected chi connectivity index (χ2v) is 5.81. The van der Waals surface area contributed by atoms with Gasteiger partial charge in [0.1, 0.15) is 10.9 Å². The number of hydrogen-bond donors (Lipinski definition) is 0. The second-order valence-electron chi connectivity index (χ2n) is 4.14. The minimum absolute atomic E-state index is 0.152. The van der Waals surface area contributed by atoms with Crippen molar-refractivity contribution in [3.8, 4) is 0 Å². The van der Waals surface area contributed by atoms with Crippen LogP contribution in [0.2, 0.25) is 0 Å². The van der Waals surface area contributed by atoms with E-state index in [0.717, 1.165) is 5.56 Å². The summed E-state index contributed by atoms with van der Waals surface area (Å²) in [4.78, 5) is 25.1. The average molecular weight is 319 g/mol. The van der Waals surface area contributed by atoms with Gasteiger partial charge in [-0.1, -0.05) is 66.5 Å². The van der Waals surface area contributed by atoms with Gasteiger partial charge in [-0.3, -0.25) is 14.5 Å². The van der Waals surface area contributed by atoms with E-state index in [1.165, 1.54) is 23.8 Å². The Balaban J connectivity index is 2.06. The molecule has 4 nitrogen and oxygen atoms in total. The minimum atomic E-state index is -0.493. The molecule has 0 radical (unpaired) electrons. The smallest absolute Gasteiger partial charge is 0.325 e. The van der Waals surface area contributed by atoms with Gasteiger partial charge in [0.15, 0.2) is 0 Å². The van der Waals surface area contributed by atoms with Crippen molar-refractivity contribution in [3.05, 3.63) is 53.0 Å². The molecule has 2 rings (SSSR count). The predicted octanol–water partition coefficient (Wildman–Crippen LogP) is 2.62. The van der Waals surface area contributed by atoms with Crippen molar-refractivity contribution in [1.82, 2.24) is 4.90 Å². The number of hydrogen-bond acceptors (Lipinski definition) is 5. The van der Waals surface area contributed by atoms with Gasteiger partial charge >= 0.3 is 5.97 Å². The third-order valence-corrected chi connectivity index (χ3v) is 4.12. The van der Waals surface area contributed by atoms with Crippen molar-refractivity contribution in [1.29, 1.82) is 0 Å². The van der Waals surface area contributed by atoms with Gasteiger partial charge in [-0.2, -0.15) is 0 Å². The third kappa shape index (κ3) is 4.03. The molecule has 0 aliphatic carbocycles. The number of thioether (sulfide) groups is 1. The van der Waals surface area contributed by atoms with Gasteiger partial charge in [-0.15, -0.1) is 0 Å². The molecule has 1 saturated heterocycles. The fourth-order valence-electron chi connectivity index (χ4n) is 1.65. The van der Waals surface area contributed by atoms with Crippen molar-refractivity contribution < 1.29 is 14.3 Å². The Labute approximate surface area is 132 Å². The molecule has 1 heterocycles. The van der Waals surface area contributed by atoms with Crippen molar-refractivity contribution >= 4 is 46.3 Å². The Kier molecular flexibility index (Phi) is 5.30. The molecule has 6 heteroatoms. The van der Waals surface area contributed by atoms with E-state index < -0.39 is 5.97 Å². The molecule has 0 atom stereocenters. The average Bonchev–Trinajstić information content (AvgIpc) is 2.76. The van der Waals surface area contributed by atoms with Gasteiger partial charge in [-0.05, 0) is 11.6 Å². The second kappa shape index (κ2) is 7.19. The van der Waals surface area contributed by atoms with Crippen LogP contribution in [-0.4, -0.2) is 34.8 Å². The van der Waals surface area contributed by atoms with E-state index in [0.29, 0.717) is 9.23 Å². The maximum absolute atomic E-state index is 12.1. The number of nitrogens with zero attached hydrogens (tertiary/aromatic N) is 1. The van der Waals surface area contributed by atoms with Crippen LogP contribution in [0, 0.1) is 0 Å². The van der Waals surface area contributed by atoms with E-state index in [-0.39, 0.29) is 12.5 Å². The van der Waals surface area contributed by atoms with Gasteiger partial charge in [-0.25, -0.2) is 0 Å². The first-order valence-corrected chi connectivity index (χ1v) is 7.38. The number of allylic oxidation sites excluding steroid dienone is 2. The van der Waals surface area contributed by atoms with Crippen molar-refractivity contribution in [2.45, 2.75) is 0 Å². The maximum atomic E-state index is 12.1. The molecular weight excluding hydrogens is 306 g/mol. The molecule has 1 aliphatic rings. The van der Waals surface area contributed by atoms with Gasteiger partial charge in [0, 0.05) is 0 Å². The molecule has 0 unspecified atom stereocenters. The number of methoxy groups -OCH3 is 1. The quantitative estimate of drug-likeness (QED) is 0.485. The number of amides is 1. The summed E-state index contributed by atoms with van der Waals surface area (Å²) < 4.78 is 4.91. The van der Waals surface area contributed by atoms with E-state index in [1.807, 2.05) is 36.4 Å². The van der Waals surface area contributed by atoms with Crippen LogP contribution < -0.4 is 0 Å². The number of benzene rings is 1. The zero-order chi connectivity index (χ0) is 15.2. The highest BCUT2D eigenvalue weighted by molar-refractivity contribution is 8.26. The number of thiocarbonyl (C=S) groups is 1. The standard InChI is InChI=1S/C15H13NO3S2/c1-19-13(17)10-16-14(18)12(21-15(16)20)9-5-8-11-6-3-2-4-7-11/h2-9H,10H2,1H3/b8-5+,12-9+. The molecule has 1 aliphatic heterocycles. The fourth-order valence-corrected chi connectivity index (χ4v) is 2.86. The van der Waals surface area contributed by atoms with Gasteiger partial charge < -0.3 is 4.74 Å². The van der Waals surface area contributed by atoms with E-state index in [9.17, 15) is 9.59 Å². The maximum Gasteiger partial charge on any atom is 0.325 e. The fraction of sp³-hybridized carbons (Fsp3) is 0.133. The largest absolute Gasteiger partial charge is 0.468 e. The molecule has 0 bridgehead atoms. The minimum Gasteiger partial charge on any atom is -0.468 e. The zero-order valence-corrected chi connectivity index (χ0v) is 12.9. The first kappa shape index (κ1) is 15.5. The van der Waals surface area contributed by atoms with Crippen LogP contribution in [0.15, 0.2) is 47.4 Å². The number of esters is 1. The van der Waals surface area contributed by atoms with Crippen LogP contribution in [0.1, 0.15) is 5.56 Å². The highest BCUT2D eigenvalue weighted by Gasteiger charge is 2.33. The van der Waals surface area contributed by atoms with Gasteiger partial charge in [0.25, 0.3) is 5.91 Å². The van der Waals surface area contributed by atoms with E-state index in [4.69, 9.17) is 12.2 Å². The summed E-state index contributed by atoms with van der Waals surface area (Å²) in [5.41, 5.74) is 1.04. The summed E-state index contributed by atoms with van der Waals surface area (Å²) in [7, 11) is 1.28. The topological polar surface area (TPSA) is 46.6 Å². The van der Waals surface area contributed by atoms with Crippen LogP contribution in [0.25, 0.3) is 6.08 Å². The zero-order valence-electron chi connectivity index (χ0n) is 11.3. The molecule has 0 saturated carbocycles. The summed E-state index contributed by atoms with van der Waals surface area (Å²) in [5.74, 6) is -0.763. The summed E-state index contributed by atoms with van der Waals surface area (Å²) in [5, 5.41) is 0. The molecule has 108 valence electrons. The summed E-state index contributed by atoms with van der Waals surface area (Å²) in [6.45, 7) is -0.152. The summed E-state index contributed by atoms with van der Waals surface area (Å²) >= 11 is 6.28. The van der Waals surface area contributed by atoms with Crippen LogP contribution in [-0.2, 0) is 14.3 Å². The molecule has 0 spiro atoms. The van der Waals surface area contributed by atoms with E-state index in [1.54, 1.807) is 12.2 Å². The van der Waals surface area contributed by atoms with Crippen LogP contribution in [0.3, 0.4) is 0 Å². The normalized spacial score (nSPS) is 17.0. The third-order valence-electron chi connectivity index (χ3n) is 2.72. The highest BCUT2D eigenvalue weighted by atomic mass is 32.2. The molecule has 21 heavy (non-hydrogen) atoms. The van der Waals surface area contributed by atoms with Gasteiger partial charge in [0.05, 0.1) is 12.0 Å². The Morgan fingerprint density at radius 3 is 2.76 bits per heavy atom. The molecule has 1 amide bonds. The van der Waals surface area contributed by atoms with Crippen molar-refractivity contribution in [2.24, 2.45) is 0 Å². The van der Waals surface area contributed by atoms with Crippen LogP contribution in [0.5, 0.6) is 0 Å². The number of rotatable bonds is 4. The lowest BCUT2D eigenvalue weighted by Gasteiger charge is -2.11. The van der Waals surface area contributed by atoms with E-state index in [2.05, 4.69) is 4.74 Å². The Morgan fingerprint density at radius 2 is 2.10 bits per heavy atom. The van der Waals surface area contributed by atoms with Gasteiger partial charge in [0.2, 0.25) is 0 Å². The Hall–Kier alpha value is -1.92. The van der Waals surface area contributed by atoms with E-state index >= 15 is 0 Å². The SMILES string of the molecule is COC(=O)CN1C(=O)/C(=C\C=C\c2ccccc2)SC1=S. The Morgan fingerprint density at radius 1 is 1.38 bits per heavy atom. The molecule has 1 aromatic carbocycles. The van der Waals surface area contributed by atoms with Crippen LogP contribution in [0.4, 0.5) is 0 Å². The lowest BCUT2D eigenvalue weighted by atomic mass is 10.2. The molecule has 1 aromatic rings. The molecule has 1 fully saturated rings. The monoisotopic (exact) mass is 319 g/mol. The van der Waals surface area contributed by atoms with Crippen LogP contribution >= 0.6 is 24.0 Å². The number of carbonyl (C=O) groups excluding carboxylic acids is 2. The summed E-state index contributed by atoms with van der Waals surface area (Å²) in [6, 6.07) is 9.75. The lowest BCUT2D eigenvalue weighted by molar-refractivity contribution is -0.143. The molecule has 0 N–H and O–H groups in total. The predicted molar refractivity (Wildman–Crippen MR) is 87.5 cm³/mol. The molecule has 0 aromatic heterocycles. The van der Waals surface area contributed by atoms with Crippen molar-refractivity contribution in [2.75, 3.05) is 13.7 Å². The molecular formula is C15H13NO3S2. The highest BCUT2D eigenvalue weighted by Crippen LogP contribution is 2.30. The number of ether oxygens (including phenoxy) is 1. The Bertz CT molecular complexity index is 623. The summed E-state index contributed by atoms with van der Waals surface area (Å²) in [6.07, 6.45) is 5.39.